The molecule has 114 valence electrons. The van der Waals surface area contributed by atoms with Gasteiger partial charge in [0.25, 0.3) is 0 Å². The standard InChI is InChI=1S/C14H15ClF3N3/c1-2-12(19)5-9-3-4-11(15)6-13(9)21-8-10(7-20-21)14(16,17)18/h3-4,6-8,12H,2,5,19H2,1H3. The molecule has 0 spiro atoms. The summed E-state index contributed by atoms with van der Waals surface area (Å²) < 4.78 is 39.2. The number of hydrogen-bond donors (Lipinski definition) is 1. The van der Waals surface area contributed by atoms with Gasteiger partial charge in [-0.05, 0) is 30.5 Å². The van der Waals surface area contributed by atoms with Crippen LogP contribution < -0.4 is 5.73 Å². The van der Waals surface area contributed by atoms with Gasteiger partial charge in [-0.25, -0.2) is 4.68 Å². The predicted octanol–water partition coefficient (Wildman–Crippen LogP) is 3.82. The van der Waals surface area contributed by atoms with Gasteiger partial charge in [0.05, 0.1) is 17.4 Å². The Hall–Kier alpha value is -1.53. The van der Waals surface area contributed by atoms with E-state index < -0.39 is 11.7 Å². The van der Waals surface area contributed by atoms with Crippen LogP contribution in [-0.4, -0.2) is 15.8 Å². The summed E-state index contributed by atoms with van der Waals surface area (Å²) >= 11 is 5.94. The molecule has 1 atom stereocenters. The zero-order valence-electron chi connectivity index (χ0n) is 11.4. The zero-order chi connectivity index (χ0) is 15.6. The molecule has 1 aromatic carbocycles. The summed E-state index contributed by atoms with van der Waals surface area (Å²) in [5.41, 5.74) is 6.45. The van der Waals surface area contributed by atoms with Gasteiger partial charge in [0, 0.05) is 17.3 Å². The first-order valence-electron chi connectivity index (χ1n) is 6.47. The molecular weight excluding hydrogens is 303 g/mol. The van der Waals surface area contributed by atoms with Gasteiger partial charge in [-0.2, -0.15) is 18.3 Å². The van der Waals surface area contributed by atoms with Crippen molar-refractivity contribution in [2.75, 3.05) is 0 Å². The summed E-state index contributed by atoms with van der Waals surface area (Å²) in [6.07, 6.45) is -1.35. The molecule has 0 aliphatic rings. The van der Waals surface area contributed by atoms with Crippen LogP contribution in [0.1, 0.15) is 24.5 Å². The van der Waals surface area contributed by atoms with E-state index in [-0.39, 0.29) is 6.04 Å². The molecule has 0 fully saturated rings. The second-order valence-electron chi connectivity index (χ2n) is 4.82. The number of halogens is 4. The molecule has 1 unspecified atom stereocenters. The van der Waals surface area contributed by atoms with Crippen LogP contribution in [0.15, 0.2) is 30.6 Å². The molecule has 0 bridgehead atoms. The Balaban J connectivity index is 2.42. The van der Waals surface area contributed by atoms with E-state index in [1.165, 1.54) is 4.68 Å². The molecule has 0 radical (unpaired) electrons. The lowest BCUT2D eigenvalue weighted by Crippen LogP contribution is -2.22. The van der Waals surface area contributed by atoms with Gasteiger partial charge in [0.2, 0.25) is 0 Å². The Morgan fingerprint density at radius 1 is 1.38 bits per heavy atom. The van der Waals surface area contributed by atoms with Crippen LogP contribution in [0.5, 0.6) is 0 Å². The van der Waals surface area contributed by atoms with E-state index in [1.54, 1.807) is 18.2 Å². The third-order valence-corrected chi connectivity index (χ3v) is 3.45. The number of nitrogens with zero attached hydrogens (tertiary/aromatic N) is 2. The largest absolute Gasteiger partial charge is 0.419 e. The third kappa shape index (κ3) is 3.77. The van der Waals surface area contributed by atoms with Gasteiger partial charge in [-0.15, -0.1) is 0 Å². The minimum Gasteiger partial charge on any atom is -0.327 e. The summed E-state index contributed by atoms with van der Waals surface area (Å²) in [7, 11) is 0. The number of benzene rings is 1. The maximum absolute atomic E-state index is 12.7. The molecule has 0 amide bonds. The van der Waals surface area contributed by atoms with E-state index in [2.05, 4.69) is 5.10 Å². The molecule has 21 heavy (non-hydrogen) atoms. The van der Waals surface area contributed by atoms with Crippen molar-refractivity contribution in [3.05, 3.63) is 46.7 Å². The molecule has 0 aliphatic carbocycles. The van der Waals surface area contributed by atoms with Crippen LogP contribution in [0.2, 0.25) is 5.02 Å². The maximum atomic E-state index is 12.7. The van der Waals surface area contributed by atoms with Crippen LogP contribution in [0, 0.1) is 0 Å². The second kappa shape index (κ2) is 6.07. The number of rotatable bonds is 4. The van der Waals surface area contributed by atoms with Gasteiger partial charge in [-0.3, -0.25) is 0 Å². The number of alkyl halides is 3. The van der Waals surface area contributed by atoms with Gasteiger partial charge < -0.3 is 5.73 Å². The first kappa shape index (κ1) is 15.9. The van der Waals surface area contributed by atoms with Crippen molar-refractivity contribution < 1.29 is 13.2 Å². The molecule has 7 heteroatoms. The third-order valence-electron chi connectivity index (χ3n) is 3.21. The minimum absolute atomic E-state index is 0.0671. The van der Waals surface area contributed by atoms with Crippen molar-refractivity contribution in [2.45, 2.75) is 32.0 Å². The highest BCUT2D eigenvalue weighted by Gasteiger charge is 2.32. The van der Waals surface area contributed by atoms with Gasteiger partial charge >= 0.3 is 6.18 Å². The van der Waals surface area contributed by atoms with Crippen molar-refractivity contribution >= 4 is 11.6 Å². The van der Waals surface area contributed by atoms with Crippen molar-refractivity contribution in [3.8, 4) is 5.69 Å². The lowest BCUT2D eigenvalue weighted by molar-refractivity contribution is -0.137. The average molecular weight is 318 g/mol. The molecule has 3 nitrogen and oxygen atoms in total. The van der Waals surface area contributed by atoms with Crippen molar-refractivity contribution in [2.24, 2.45) is 5.73 Å². The number of hydrogen-bond acceptors (Lipinski definition) is 2. The summed E-state index contributed by atoms with van der Waals surface area (Å²) in [6, 6.07) is 4.98. The Kier molecular flexibility index (Phi) is 4.58. The van der Waals surface area contributed by atoms with Crippen LogP contribution in [0.25, 0.3) is 5.69 Å². The Morgan fingerprint density at radius 3 is 2.67 bits per heavy atom. The van der Waals surface area contributed by atoms with Crippen molar-refractivity contribution in [3.63, 3.8) is 0 Å². The Bertz CT molecular complexity index is 622. The fourth-order valence-corrected chi connectivity index (χ4v) is 2.12. The fraction of sp³-hybridized carbons (Fsp3) is 0.357. The number of aromatic nitrogens is 2. The molecule has 2 aromatic rings. The predicted molar refractivity (Wildman–Crippen MR) is 75.5 cm³/mol. The lowest BCUT2D eigenvalue weighted by atomic mass is 10.0. The van der Waals surface area contributed by atoms with Gasteiger partial charge in [-0.1, -0.05) is 24.6 Å². The molecule has 1 heterocycles. The molecule has 1 aromatic heterocycles. The number of nitrogens with two attached hydrogens (primary N) is 1. The van der Waals surface area contributed by atoms with Crippen LogP contribution >= 0.6 is 11.6 Å². The Morgan fingerprint density at radius 2 is 2.10 bits per heavy atom. The van der Waals surface area contributed by atoms with Gasteiger partial charge in [0.1, 0.15) is 0 Å². The lowest BCUT2D eigenvalue weighted by Gasteiger charge is -2.14. The van der Waals surface area contributed by atoms with E-state index in [9.17, 15) is 13.2 Å². The topological polar surface area (TPSA) is 43.8 Å². The summed E-state index contributed by atoms with van der Waals surface area (Å²) in [4.78, 5) is 0. The molecule has 0 aliphatic heterocycles. The van der Waals surface area contributed by atoms with E-state index in [0.29, 0.717) is 17.1 Å². The first-order chi connectivity index (χ1) is 9.81. The fourth-order valence-electron chi connectivity index (χ4n) is 1.95. The molecular formula is C14H15ClF3N3. The summed E-state index contributed by atoms with van der Waals surface area (Å²) in [6.45, 7) is 1.95. The zero-order valence-corrected chi connectivity index (χ0v) is 12.1. The highest BCUT2D eigenvalue weighted by Crippen LogP contribution is 2.30. The van der Waals surface area contributed by atoms with Crippen LogP contribution in [-0.2, 0) is 12.6 Å². The normalized spacial score (nSPS) is 13.4. The Labute approximate surface area is 125 Å². The van der Waals surface area contributed by atoms with E-state index in [0.717, 1.165) is 24.4 Å². The smallest absolute Gasteiger partial charge is 0.327 e. The van der Waals surface area contributed by atoms with Crippen LogP contribution in [0.3, 0.4) is 0 Å². The highest BCUT2D eigenvalue weighted by molar-refractivity contribution is 6.30. The average Bonchev–Trinajstić information content (AvgIpc) is 2.90. The molecule has 2 N–H and O–H groups in total. The highest BCUT2D eigenvalue weighted by atomic mass is 35.5. The van der Waals surface area contributed by atoms with E-state index >= 15 is 0 Å². The summed E-state index contributed by atoms with van der Waals surface area (Å²) in [5, 5.41) is 4.22. The molecule has 0 saturated heterocycles. The van der Waals surface area contributed by atoms with E-state index in [1.807, 2.05) is 6.92 Å². The van der Waals surface area contributed by atoms with Crippen molar-refractivity contribution in [1.29, 1.82) is 0 Å². The quantitative estimate of drug-likeness (QED) is 0.931. The molecule has 2 rings (SSSR count). The summed E-state index contributed by atoms with van der Waals surface area (Å²) in [5.74, 6) is 0. The van der Waals surface area contributed by atoms with Gasteiger partial charge in [0.15, 0.2) is 0 Å². The SMILES string of the molecule is CCC(N)Cc1ccc(Cl)cc1-n1cc(C(F)(F)F)cn1. The van der Waals surface area contributed by atoms with Crippen molar-refractivity contribution in [1.82, 2.24) is 9.78 Å². The molecule has 0 saturated carbocycles. The maximum Gasteiger partial charge on any atom is 0.419 e. The minimum atomic E-state index is -4.42. The second-order valence-corrected chi connectivity index (χ2v) is 5.25. The first-order valence-corrected chi connectivity index (χ1v) is 6.85. The monoisotopic (exact) mass is 317 g/mol. The van der Waals surface area contributed by atoms with Crippen LogP contribution in [0.4, 0.5) is 13.2 Å². The van der Waals surface area contributed by atoms with E-state index in [4.69, 9.17) is 17.3 Å².